The average molecular weight is 184 g/mol. The predicted octanol–water partition coefficient (Wildman–Crippen LogP) is 3.00. The third kappa shape index (κ3) is 9.75. The minimum absolute atomic E-state index is 0.0657. The van der Waals surface area contributed by atoms with Gasteiger partial charge in [-0.1, -0.05) is 13.8 Å². The Kier molecular flexibility index (Phi) is 5.29. The SMILES string of the molecule is CC(C)COCCCC(F)(F)F. The molecule has 0 amide bonds. The molecule has 0 rings (SSSR count). The van der Waals surface area contributed by atoms with Crippen LogP contribution in [0.25, 0.3) is 0 Å². The summed E-state index contributed by atoms with van der Waals surface area (Å²) >= 11 is 0. The van der Waals surface area contributed by atoms with Gasteiger partial charge >= 0.3 is 6.18 Å². The Morgan fingerprint density at radius 1 is 1.25 bits per heavy atom. The van der Waals surface area contributed by atoms with Crippen molar-refractivity contribution in [3.8, 4) is 0 Å². The van der Waals surface area contributed by atoms with Crippen molar-refractivity contribution >= 4 is 0 Å². The van der Waals surface area contributed by atoms with Crippen LogP contribution in [0.3, 0.4) is 0 Å². The molecule has 12 heavy (non-hydrogen) atoms. The lowest BCUT2D eigenvalue weighted by Gasteiger charge is -2.08. The van der Waals surface area contributed by atoms with Crippen molar-refractivity contribution < 1.29 is 17.9 Å². The largest absolute Gasteiger partial charge is 0.389 e. The van der Waals surface area contributed by atoms with Gasteiger partial charge in [0.2, 0.25) is 0 Å². The Hall–Kier alpha value is -0.250. The lowest BCUT2D eigenvalue weighted by atomic mass is 10.2. The van der Waals surface area contributed by atoms with E-state index in [2.05, 4.69) is 0 Å². The molecule has 0 aromatic rings. The van der Waals surface area contributed by atoms with E-state index in [1.54, 1.807) is 0 Å². The second-order valence-electron chi connectivity index (χ2n) is 3.19. The molecule has 1 nitrogen and oxygen atoms in total. The van der Waals surface area contributed by atoms with Gasteiger partial charge in [-0.2, -0.15) is 13.2 Å². The number of hydrogen-bond acceptors (Lipinski definition) is 1. The smallest absolute Gasteiger partial charge is 0.381 e. The highest BCUT2D eigenvalue weighted by molar-refractivity contribution is 4.49. The molecule has 0 radical (unpaired) electrons. The topological polar surface area (TPSA) is 9.23 Å². The highest BCUT2D eigenvalue weighted by Crippen LogP contribution is 2.20. The van der Waals surface area contributed by atoms with Gasteiger partial charge in [-0.25, -0.2) is 0 Å². The van der Waals surface area contributed by atoms with Gasteiger partial charge in [0, 0.05) is 19.6 Å². The Morgan fingerprint density at radius 3 is 2.25 bits per heavy atom. The summed E-state index contributed by atoms with van der Waals surface area (Å²) in [7, 11) is 0. The molecular formula is C8H15F3O. The molecule has 0 aliphatic rings. The molecule has 74 valence electrons. The van der Waals surface area contributed by atoms with Crippen molar-refractivity contribution in [2.45, 2.75) is 32.9 Å². The number of rotatable bonds is 5. The van der Waals surface area contributed by atoms with Gasteiger partial charge in [-0.15, -0.1) is 0 Å². The quantitative estimate of drug-likeness (QED) is 0.597. The molecule has 0 aromatic heterocycles. The maximum Gasteiger partial charge on any atom is 0.389 e. The van der Waals surface area contributed by atoms with Gasteiger partial charge < -0.3 is 4.74 Å². The molecule has 0 unspecified atom stereocenters. The van der Waals surface area contributed by atoms with Crippen LogP contribution in [0, 0.1) is 5.92 Å². The zero-order valence-electron chi connectivity index (χ0n) is 7.45. The third-order valence-corrected chi connectivity index (χ3v) is 1.20. The highest BCUT2D eigenvalue weighted by Gasteiger charge is 2.25. The first-order valence-electron chi connectivity index (χ1n) is 4.06. The van der Waals surface area contributed by atoms with E-state index in [0.717, 1.165) is 0 Å². The van der Waals surface area contributed by atoms with Crippen LogP contribution >= 0.6 is 0 Å². The normalized spacial score (nSPS) is 12.5. The summed E-state index contributed by atoms with van der Waals surface area (Å²) in [6, 6.07) is 0. The summed E-state index contributed by atoms with van der Waals surface area (Å²) in [6.07, 6.45) is -4.72. The van der Waals surface area contributed by atoms with Crippen LogP contribution in [0.5, 0.6) is 0 Å². The van der Waals surface area contributed by atoms with E-state index in [1.165, 1.54) is 0 Å². The lowest BCUT2D eigenvalue weighted by molar-refractivity contribution is -0.138. The van der Waals surface area contributed by atoms with Gasteiger partial charge in [0.05, 0.1) is 0 Å². The minimum atomic E-state index is -4.04. The van der Waals surface area contributed by atoms with Gasteiger partial charge in [0.25, 0.3) is 0 Å². The molecule has 0 saturated carbocycles. The number of ether oxygens (including phenoxy) is 1. The number of alkyl halides is 3. The van der Waals surface area contributed by atoms with E-state index in [0.29, 0.717) is 12.5 Å². The first kappa shape index (κ1) is 11.8. The molecule has 0 spiro atoms. The third-order valence-electron chi connectivity index (χ3n) is 1.20. The maximum absolute atomic E-state index is 11.6. The van der Waals surface area contributed by atoms with E-state index in [-0.39, 0.29) is 13.0 Å². The van der Waals surface area contributed by atoms with E-state index in [1.807, 2.05) is 13.8 Å². The summed E-state index contributed by atoms with van der Waals surface area (Å²) in [4.78, 5) is 0. The Labute approximate surface area is 70.9 Å². The zero-order chi connectivity index (χ0) is 9.61. The monoisotopic (exact) mass is 184 g/mol. The van der Waals surface area contributed by atoms with E-state index >= 15 is 0 Å². The number of halogens is 3. The molecular weight excluding hydrogens is 169 g/mol. The van der Waals surface area contributed by atoms with Crippen molar-refractivity contribution in [2.75, 3.05) is 13.2 Å². The Bertz CT molecular complexity index is 109. The molecule has 0 atom stereocenters. The van der Waals surface area contributed by atoms with Crippen LogP contribution in [0.4, 0.5) is 13.2 Å². The molecule has 0 saturated heterocycles. The average Bonchev–Trinajstić information content (AvgIpc) is 1.83. The second kappa shape index (κ2) is 5.41. The summed E-state index contributed by atoms with van der Waals surface area (Å²) in [5.41, 5.74) is 0. The van der Waals surface area contributed by atoms with Crippen molar-refractivity contribution in [2.24, 2.45) is 5.92 Å². The van der Waals surface area contributed by atoms with Crippen LogP contribution in [0.15, 0.2) is 0 Å². The van der Waals surface area contributed by atoms with Crippen molar-refractivity contribution in [3.63, 3.8) is 0 Å². The van der Waals surface area contributed by atoms with Crippen molar-refractivity contribution in [1.82, 2.24) is 0 Å². The maximum atomic E-state index is 11.6. The van der Waals surface area contributed by atoms with E-state index in [4.69, 9.17) is 4.74 Å². The van der Waals surface area contributed by atoms with Gasteiger partial charge in [0.15, 0.2) is 0 Å². The standard InChI is InChI=1S/C8H15F3O/c1-7(2)6-12-5-3-4-8(9,10)11/h7H,3-6H2,1-2H3. The first-order chi connectivity index (χ1) is 5.42. The van der Waals surface area contributed by atoms with Crippen LogP contribution in [0.1, 0.15) is 26.7 Å². The minimum Gasteiger partial charge on any atom is -0.381 e. The van der Waals surface area contributed by atoms with Gasteiger partial charge in [-0.3, -0.25) is 0 Å². The zero-order valence-corrected chi connectivity index (χ0v) is 7.45. The summed E-state index contributed by atoms with van der Waals surface area (Å²) in [5, 5.41) is 0. The van der Waals surface area contributed by atoms with Crippen molar-refractivity contribution in [1.29, 1.82) is 0 Å². The predicted molar refractivity (Wildman–Crippen MR) is 40.9 cm³/mol. The van der Waals surface area contributed by atoms with Crippen molar-refractivity contribution in [3.05, 3.63) is 0 Å². The Balaban J connectivity index is 3.12. The fraction of sp³-hybridized carbons (Fsp3) is 1.00. The molecule has 0 N–H and O–H groups in total. The molecule has 0 aromatic carbocycles. The van der Waals surface area contributed by atoms with E-state index < -0.39 is 12.6 Å². The molecule has 0 bridgehead atoms. The lowest BCUT2D eigenvalue weighted by Crippen LogP contribution is -2.10. The molecule has 0 aliphatic heterocycles. The summed E-state index contributed by atoms with van der Waals surface area (Å²) in [6.45, 7) is 4.67. The Morgan fingerprint density at radius 2 is 1.83 bits per heavy atom. The van der Waals surface area contributed by atoms with Gasteiger partial charge in [-0.05, 0) is 12.3 Å². The molecule has 0 fully saturated rings. The molecule has 0 aliphatic carbocycles. The number of hydrogen-bond donors (Lipinski definition) is 0. The van der Waals surface area contributed by atoms with Crippen LogP contribution in [0.2, 0.25) is 0 Å². The highest BCUT2D eigenvalue weighted by atomic mass is 19.4. The first-order valence-corrected chi connectivity index (χ1v) is 4.06. The second-order valence-corrected chi connectivity index (χ2v) is 3.19. The fourth-order valence-corrected chi connectivity index (χ4v) is 0.694. The van der Waals surface area contributed by atoms with Gasteiger partial charge in [0.1, 0.15) is 0 Å². The summed E-state index contributed by atoms with van der Waals surface area (Å²) < 4.78 is 39.7. The molecule has 4 heteroatoms. The van der Waals surface area contributed by atoms with E-state index in [9.17, 15) is 13.2 Å². The molecule has 0 heterocycles. The van der Waals surface area contributed by atoms with Crippen LogP contribution < -0.4 is 0 Å². The van der Waals surface area contributed by atoms with Crippen LogP contribution in [-0.4, -0.2) is 19.4 Å². The summed E-state index contributed by atoms with van der Waals surface area (Å²) in [5.74, 6) is 0.385. The fourth-order valence-electron chi connectivity index (χ4n) is 0.694. The van der Waals surface area contributed by atoms with Crippen LogP contribution in [-0.2, 0) is 4.74 Å².